The molecular formula is C31H32. The molecule has 31 heavy (non-hydrogen) atoms. The first-order valence-corrected chi connectivity index (χ1v) is 11.9. The van der Waals surface area contributed by atoms with Crippen LogP contribution in [0.5, 0.6) is 0 Å². The van der Waals surface area contributed by atoms with E-state index in [2.05, 4.69) is 88.4 Å². The monoisotopic (exact) mass is 404 g/mol. The Kier molecular flexibility index (Phi) is 5.18. The molecule has 0 saturated carbocycles. The SMILES string of the molecule is CCCCCCc1c2cc3cc4ccccc4cc3cc2cc2c(C)c(C)c(C)cc12. The van der Waals surface area contributed by atoms with Gasteiger partial charge in [-0.25, -0.2) is 0 Å². The van der Waals surface area contributed by atoms with Crippen LogP contribution >= 0.6 is 0 Å². The third-order valence-corrected chi connectivity index (χ3v) is 7.31. The van der Waals surface area contributed by atoms with E-state index in [0.29, 0.717) is 0 Å². The predicted molar refractivity (Wildman–Crippen MR) is 139 cm³/mol. The lowest BCUT2D eigenvalue weighted by atomic mass is 9.87. The number of hydrogen-bond donors (Lipinski definition) is 0. The molecule has 0 spiro atoms. The van der Waals surface area contributed by atoms with Gasteiger partial charge in [-0.15, -0.1) is 0 Å². The molecular weight excluding hydrogens is 372 g/mol. The molecule has 5 aromatic carbocycles. The van der Waals surface area contributed by atoms with Gasteiger partial charge >= 0.3 is 0 Å². The Balaban J connectivity index is 1.82. The van der Waals surface area contributed by atoms with Crippen LogP contribution in [0.2, 0.25) is 0 Å². The minimum absolute atomic E-state index is 1.16. The predicted octanol–water partition coefficient (Wildman–Crippen LogP) is 9.35. The quantitative estimate of drug-likeness (QED) is 0.202. The van der Waals surface area contributed by atoms with Crippen molar-refractivity contribution in [1.82, 2.24) is 0 Å². The topological polar surface area (TPSA) is 0 Å². The van der Waals surface area contributed by atoms with Crippen LogP contribution in [0.25, 0.3) is 43.1 Å². The molecule has 0 saturated heterocycles. The first-order chi connectivity index (χ1) is 15.1. The van der Waals surface area contributed by atoms with Gasteiger partial charge in [-0.1, -0.05) is 56.5 Å². The van der Waals surface area contributed by atoms with E-state index in [9.17, 15) is 0 Å². The van der Waals surface area contributed by atoms with E-state index in [0.717, 1.165) is 6.42 Å². The van der Waals surface area contributed by atoms with Gasteiger partial charge in [-0.3, -0.25) is 0 Å². The van der Waals surface area contributed by atoms with Gasteiger partial charge < -0.3 is 0 Å². The van der Waals surface area contributed by atoms with Crippen LogP contribution in [0.1, 0.15) is 54.9 Å². The summed E-state index contributed by atoms with van der Waals surface area (Å²) in [6.45, 7) is 9.12. The Bertz CT molecular complexity index is 1440. The molecule has 0 heterocycles. The second-order valence-electron chi connectivity index (χ2n) is 9.32. The summed E-state index contributed by atoms with van der Waals surface area (Å²) < 4.78 is 0. The standard InChI is InChI=1S/C31H32/c1-5-6-7-8-13-28-30-18-26-16-24-12-10-9-11-23(24)15-25(26)17-27(30)19-29-22(4)21(3)20(2)14-31(28)29/h9-12,14-19H,5-8,13H2,1-4H3. The lowest BCUT2D eigenvalue weighted by Crippen LogP contribution is -1.96. The molecule has 0 nitrogen and oxygen atoms in total. The summed E-state index contributed by atoms with van der Waals surface area (Å²) in [6.07, 6.45) is 6.36. The van der Waals surface area contributed by atoms with Gasteiger partial charge in [0.1, 0.15) is 0 Å². The summed E-state index contributed by atoms with van der Waals surface area (Å²) in [7, 11) is 0. The summed E-state index contributed by atoms with van der Waals surface area (Å²) >= 11 is 0. The molecule has 0 heteroatoms. The Morgan fingerprint density at radius 2 is 1.19 bits per heavy atom. The van der Waals surface area contributed by atoms with Gasteiger partial charge in [0.05, 0.1) is 0 Å². The maximum Gasteiger partial charge on any atom is -0.0139 e. The van der Waals surface area contributed by atoms with Crippen molar-refractivity contribution in [2.45, 2.75) is 59.8 Å². The van der Waals surface area contributed by atoms with E-state index in [1.54, 1.807) is 5.56 Å². The van der Waals surface area contributed by atoms with Gasteiger partial charge in [0.15, 0.2) is 0 Å². The van der Waals surface area contributed by atoms with E-state index in [1.807, 2.05) is 0 Å². The highest BCUT2D eigenvalue weighted by atomic mass is 14.2. The number of rotatable bonds is 5. The molecule has 0 aromatic heterocycles. The van der Waals surface area contributed by atoms with E-state index < -0.39 is 0 Å². The Morgan fingerprint density at radius 1 is 0.548 bits per heavy atom. The smallest absolute Gasteiger partial charge is 0.0139 e. The summed E-state index contributed by atoms with van der Waals surface area (Å²) in [4.78, 5) is 0. The molecule has 0 aliphatic heterocycles. The number of aryl methyl sites for hydroxylation is 3. The van der Waals surface area contributed by atoms with Crippen molar-refractivity contribution >= 4 is 43.1 Å². The van der Waals surface area contributed by atoms with Gasteiger partial charge in [-0.05, 0) is 129 Å². The summed E-state index contributed by atoms with van der Waals surface area (Å²) in [5, 5.41) is 11.0. The van der Waals surface area contributed by atoms with Gasteiger partial charge in [0.25, 0.3) is 0 Å². The van der Waals surface area contributed by atoms with Gasteiger partial charge in [-0.2, -0.15) is 0 Å². The van der Waals surface area contributed by atoms with Gasteiger partial charge in [0, 0.05) is 0 Å². The van der Waals surface area contributed by atoms with E-state index in [4.69, 9.17) is 0 Å². The fourth-order valence-electron chi connectivity index (χ4n) is 5.23. The number of benzene rings is 5. The molecule has 5 rings (SSSR count). The lowest BCUT2D eigenvalue weighted by molar-refractivity contribution is 0.669. The molecule has 0 bridgehead atoms. The van der Waals surface area contributed by atoms with E-state index in [1.165, 1.54) is 85.5 Å². The second-order valence-corrected chi connectivity index (χ2v) is 9.32. The normalized spacial score (nSPS) is 11.9. The number of unbranched alkanes of at least 4 members (excludes halogenated alkanes) is 3. The third kappa shape index (κ3) is 3.49. The Morgan fingerprint density at radius 3 is 1.90 bits per heavy atom. The zero-order valence-corrected chi connectivity index (χ0v) is 19.3. The molecule has 0 aliphatic rings. The van der Waals surface area contributed by atoms with Crippen molar-refractivity contribution < 1.29 is 0 Å². The van der Waals surface area contributed by atoms with Gasteiger partial charge in [0.2, 0.25) is 0 Å². The highest BCUT2D eigenvalue weighted by molar-refractivity contribution is 6.10. The minimum atomic E-state index is 1.16. The lowest BCUT2D eigenvalue weighted by Gasteiger charge is -2.17. The maximum atomic E-state index is 2.45. The van der Waals surface area contributed by atoms with Crippen LogP contribution in [0, 0.1) is 20.8 Å². The molecule has 156 valence electrons. The Hall–Kier alpha value is -2.86. The highest BCUT2D eigenvalue weighted by Crippen LogP contribution is 2.37. The largest absolute Gasteiger partial charge is 0.0654 e. The number of fused-ring (bicyclic) bond motifs is 4. The van der Waals surface area contributed by atoms with Crippen molar-refractivity contribution in [1.29, 1.82) is 0 Å². The van der Waals surface area contributed by atoms with Crippen molar-refractivity contribution in [3.05, 3.63) is 82.9 Å². The molecule has 0 unspecified atom stereocenters. The molecule has 0 radical (unpaired) electrons. The summed E-state index contributed by atoms with van der Waals surface area (Å²) in [5.41, 5.74) is 5.82. The van der Waals surface area contributed by atoms with Crippen LogP contribution in [0.3, 0.4) is 0 Å². The summed E-state index contributed by atoms with van der Waals surface area (Å²) in [6, 6.07) is 23.2. The van der Waals surface area contributed by atoms with Crippen molar-refractivity contribution in [2.75, 3.05) is 0 Å². The fourth-order valence-corrected chi connectivity index (χ4v) is 5.23. The van der Waals surface area contributed by atoms with Crippen LogP contribution < -0.4 is 0 Å². The third-order valence-electron chi connectivity index (χ3n) is 7.31. The van der Waals surface area contributed by atoms with Crippen molar-refractivity contribution in [3.63, 3.8) is 0 Å². The Labute approximate surface area is 185 Å². The van der Waals surface area contributed by atoms with Crippen LogP contribution in [-0.2, 0) is 6.42 Å². The molecule has 0 atom stereocenters. The molecule has 5 aromatic rings. The highest BCUT2D eigenvalue weighted by Gasteiger charge is 2.13. The van der Waals surface area contributed by atoms with Crippen LogP contribution in [-0.4, -0.2) is 0 Å². The average Bonchev–Trinajstić information content (AvgIpc) is 2.78. The van der Waals surface area contributed by atoms with Crippen molar-refractivity contribution in [3.8, 4) is 0 Å². The molecule has 0 amide bonds. The zero-order chi connectivity index (χ0) is 21.5. The summed E-state index contributed by atoms with van der Waals surface area (Å²) in [5.74, 6) is 0. The fraction of sp³-hybridized carbons (Fsp3) is 0.290. The molecule has 0 aliphatic carbocycles. The minimum Gasteiger partial charge on any atom is -0.0654 e. The second kappa shape index (κ2) is 8.00. The van der Waals surface area contributed by atoms with E-state index in [-0.39, 0.29) is 0 Å². The molecule has 0 N–H and O–H groups in total. The van der Waals surface area contributed by atoms with Crippen LogP contribution in [0.4, 0.5) is 0 Å². The van der Waals surface area contributed by atoms with E-state index >= 15 is 0 Å². The zero-order valence-electron chi connectivity index (χ0n) is 19.3. The van der Waals surface area contributed by atoms with Crippen molar-refractivity contribution in [2.24, 2.45) is 0 Å². The van der Waals surface area contributed by atoms with Crippen LogP contribution in [0.15, 0.2) is 60.7 Å². The number of hydrogen-bond acceptors (Lipinski definition) is 0. The average molecular weight is 405 g/mol. The first kappa shape index (κ1) is 20.1. The maximum absolute atomic E-state index is 2.45. The molecule has 0 fully saturated rings. The first-order valence-electron chi connectivity index (χ1n) is 11.9.